The van der Waals surface area contributed by atoms with E-state index in [1.165, 1.54) is 14.1 Å². The molecule has 10 heteroatoms. The Morgan fingerprint density at radius 1 is 1.27 bits per heavy atom. The molecule has 0 fully saturated rings. The van der Waals surface area contributed by atoms with Crippen LogP contribution in [0, 0.1) is 0 Å². The predicted molar refractivity (Wildman–Crippen MR) is 83.5 cm³/mol. The van der Waals surface area contributed by atoms with Gasteiger partial charge in [0.2, 0.25) is 0 Å². The third-order valence-corrected chi connectivity index (χ3v) is 5.19. The zero-order valence-corrected chi connectivity index (χ0v) is 13.6. The Morgan fingerprint density at radius 3 is 2.77 bits per heavy atom. The number of nitrogens with zero attached hydrogens (tertiary/aromatic N) is 5. The summed E-state index contributed by atoms with van der Waals surface area (Å²) >= 11 is 1.59. The van der Waals surface area contributed by atoms with Crippen molar-refractivity contribution in [3.63, 3.8) is 0 Å². The highest BCUT2D eigenvalue weighted by atomic mass is 32.2. The van der Waals surface area contributed by atoms with Gasteiger partial charge in [-0.15, -0.1) is 10.2 Å². The van der Waals surface area contributed by atoms with Crippen LogP contribution in [0.4, 0.5) is 0 Å². The SMILES string of the molecule is CN(C)S(=O)(=O)NCc1nnc2ccc(-c3ccsc3)nn12. The molecule has 0 amide bonds. The summed E-state index contributed by atoms with van der Waals surface area (Å²) < 4.78 is 28.6. The van der Waals surface area contributed by atoms with Crippen LogP contribution in [-0.2, 0) is 16.8 Å². The topological polar surface area (TPSA) is 92.5 Å². The molecule has 0 aliphatic rings. The Labute approximate surface area is 131 Å². The molecule has 116 valence electrons. The van der Waals surface area contributed by atoms with Crippen LogP contribution < -0.4 is 4.72 Å². The highest BCUT2D eigenvalue weighted by Gasteiger charge is 2.15. The van der Waals surface area contributed by atoms with Crippen molar-refractivity contribution >= 4 is 27.2 Å². The van der Waals surface area contributed by atoms with E-state index >= 15 is 0 Å². The maximum absolute atomic E-state index is 11.8. The molecule has 0 unspecified atom stereocenters. The summed E-state index contributed by atoms with van der Waals surface area (Å²) in [5.74, 6) is 0.428. The second kappa shape index (κ2) is 5.72. The van der Waals surface area contributed by atoms with Crippen LogP contribution >= 0.6 is 11.3 Å². The summed E-state index contributed by atoms with van der Waals surface area (Å²) in [6.07, 6.45) is 0. The molecule has 3 heterocycles. The number of hydrogen-bond donors (Lipinski definition) is 1. The molecule has 3 aromatic heterocycles. The van der Waals surface area contributed by atoms with E-state index in [-0.39, 0.29) is 6.54 Å². The van der Waals surface area contributed by atoms with E-state index in [2.05, 4.69) is 20.0 Å². The van der Waals surface area contributed by atoms with Gasteiger partial charge in [0.05, 0.1) is 12.2 Å². The van der Waals surface area contributed by atoms with Gasteiger partial charge in [0.15, 0.2) is 11.5 Å². The normalized spacial score (nSPS) is 12.3. The van der Waals surface area contributed by atoms with E-state index in [0.717, 1.165) is 15.6 Å². The summed E-state index contributed by atoms with van der Waals surface area (Å²) in [7, 11) is -0.609. The Bertz CT molecular complexity index is 886. The third-order valence-electron chi connectivity index (χ3n) is 3.04. The first-order valence-corrected chi connectivity index (χ1v) is 8.77. The van der Waals surface area contributed by atoms with E-state index in [1.54, 1.807) is 21.9 Å². The number of nitrogens with one attached hydrogen (secondary N) is 1. The molecule has 8 nitrogen and oxygen atoms in total. The van der Waals surface area contributed by atoms with Crippen LogP contribution in [0.5, 0.6) is 0 Å². The van der Waals surface area contributed by atoms with Gasteiger partial charge < -0.3 is 0 Å². The van der Waals surface area contributed by atoms with Crippen molar-refractivity contribution in [3.8, 4) is 11.3 Å². The summed E-state index contributed by atoms with van der Waals surface area (Å²) in [4.78, 5) is 0. The van der Waals surface area contributed by atoms with Gasteiger partial charge in [-0.1, -0.05) is 0 Å². The van der Waals surface area contributed by atoms with Crippen molar-refractivity contribution < 1.29 is 8.42 Å². The number of aromatic nitrogens is 4. The number of hydrogen-bond acceptors (Lipinski definition) is 6. The lowest BCUT2D eigenvalue weighted by Crippen LogP contribution is -2.35. The summed E-state index contributed by atoms with van der Waals surface area (Å²) in [5.41, 5.74) is 2.35. The lowest BCUT2D eigenvalue weighted by atomic mass is 10.2. The van der Waals surface area contributed by atoms with Crippen molar-refractivity contribution in [3.05, 3.63) is 34.8 Å². The molecule has 0 saturated heterocycles. The highest BCUT2D eigenvalue weighted by Crippen LogP contribution is 2.20. The minimum Gasteiger partial charge on any atom is -0.195 e. The standard InChI is InChI=1S/C12H14N6O2S2/c1-17(2)22(19,20)13-7-12-15-14-11-4-3-10(16-18(11)12)9-5-6-21-8-9/h3-6,8,13H,7H2,1-2H3. The lowest BCUT2D eigenvalue weighted by Gasteiger charge is -2.11. The van der Waals surface area contributed by atoms with Gasteiger partial charge in [-0.05, 0) is 23.6 Å². The molecule has 0 aromatic carbocycles. The molecule has 0 atom stereocenters. The van der Waals surface area contributed by atoms with Crippen molar-refractivity contribution in [1.82, 2.24) is 28.8 Å². The second-order valence-corrected chi connectivity index (χ2v) is 7.47. The van der Waals surface area contributed by atoms with Gasteiger partial charge in [0.25, 0.3) is 10.2 Å². The highest BCUT2D eigenvalue weighted by molar-refractivity contribution is 7.87. The van der Waals surface area contributed by atoms with Crippen molar-refractivity contribution in [2.75, 3.05) is 14.1 Å². The van der Waals surface area contributed by atoms with Crippen LogP contribution in [0.2, 0.25) is 0 Å². The van der Waals surface area contributed by atoms with Gasteiger partial charge in [-0.2, -0.15) is 38.4 Å². The van der Waals surface area contributed by atoms with Gasteiger partial charge >= 0.3 is 0 Å². The molecular formula is C12H14N6O2S2. The molecular weight excluding hydrogens is 324 g/mol. The lowest BCUT2D eigenvalue weighted by molar-refractivity contribution is 0.503. The number of thiophene rings is 1. The molecule has 0 bridgehead atoms. The Hall–Kier alpha value is -1.88. The molecule has 22 heavy (non-hydrogen) atoms. The Kier molecular flexibility index (Phi) is 3.91. The fourth-order valence-electron chi connectivity index (χ4n) is 1.79. The van der Waals surface area contributed by atoms with Crippen LogP contribution in [0.15, 0.2) is 29.0 Å². The molecule has 0 aliphatic heterocycles. The second-order valence-electron chi connectivity index (χ2n) is 4.73. The maximum atomic E-state index is 11.8. The summed E-state index contributed by atoms with van der Waals surface area (Å²) in [6.45, 7) is 0.0156. The molecule has 0 saturated carbocycles. The smallest absolute Gasteiger partial charge is 0.195 e. The van der Waals surface area contributed by atoms with Crippen LogP contribution in [0.25, 0.3) is 16.9 Å². The molecule has 0 spiro atoms. The zero-order chi connectivity index (χ0) is 15.7. The average molecular weight is 338 g/mol. The van der Waals surface area contributed by atoms with E-state index in [4.69, 9.17) is 0 Å². The van der Waals surface area contributed by atoms with E-state index in [9.17, 15) is 8.42 Å². The zero-order valence-electron chi connectivity index (χ0n) is 12.0. The summed E-state index contributed by atoms with van der Waals surface area (Å²) in [6, 6.07) is 5.63. The monoisotopic (exact) mass is 338 g/mol. The average Bonchev–Trinajstić information content (AvgIpc) is 3.14. The minimum absolute atomic E-state index is 0.0156. The van der Waals surface area contributed by atoms with Crippen molar-refractivity contribution in [2.24, 2.45) is 0 Å². The van der Waals surface area contributed by atoms with E-state index < -0.39 is 10.2 Å². The third kappa shape index (κ3) is 2.86. The van der Waals surface area contributed by atoms with Crippen LogP contribution in [0.3, 0.4) is 0 Å². The predicted octanol–water partition coefficient (Wildman–Crippen LogP) is 0.749. The van der Waals surface area contributed by atoms with Gasteiger partial charge in [-0.25, -0.2) is 0 Å². The van der Waals surface area contributed by atoms with E-state index in [1.807, 2.05) is 22.9 Å². The Balaban J connectivity index is 1.92. The maximum Gasteiger partial charge on any atom is 0.279 e. The molecule has 3 aromatic rings. The van der Waals surface area contributed by atoms with Crippen LogP contribution in [-0.4, -0.2) is 46.6 Å². The quantitative estimate of drug-likeness (QED) is 0.741. The van der Waals surface area contributed by atoms with Crippen molar-refractivity contribution in [1.29, 1.82) is 0 Å². The van der Waals surface area contributed by atoms with Crippen LogP contribution in [0.1, 0.15) is 5.82 Å². The molecule has 3 rings (SSSR count). The fourth-order valence-corrected chi connectivity index (χ4v) is 3.01. The summed E-state index contributed by atoms with van der Waals surface area (Å²) in [5, 5.41) is 16.4. The molecule has 0 radical (unpaired) electrons. The number of rotatable bonds is 5. The first-order chi connectivity index (χ1) is 10.5. The molecule has 0 aliphatic carbocycles. The first kappa shape index (κ1) is 15.0. The van der Waals surface area contributed by atoms with Gasteiger partial charge in [-0.3, -0.25) is 0 Å². The Morgan fingerprint density at radius 2 is 2.09 bits per heavy atom. The first-order valence-electron chi connectivity index (χ1n) is 6.38. The van der Waals surface area contributed by atoms with Gasteiger partial charge in [0, 0.05) is 25.0 Å². The van der Waals surface area contributed by atoms with Gasteiger partial charge in [0.1, 0.15) is 0 Å². The fraction of sp³-hybridized carbons (Fsp3) is 0.250. The largest absolute Gasteiger partial charge is 0.279 e. The van der Waals surface area contributed by atoms with E-state index in [0.29, 0.717) is 11.5 Å². The number of fused-ring (bicyclic) bond motifs is 1. The molecule has 1 N–H and O–H groups in total. The van der Waals surface area contributed by atoms with Crippen molar-refractivity contribution in [2.45, 2.75) is 6.54 Å². The minimum atomic E-state index is -3.52.